The van der Waals surface area contributed by atoms with Crippen molar-refractivity contribution in [1.82, 2.24) is 16.0 Å². The number of anilines is 1. The van der Waals surface area contributed by atoms with Gasteiger partial charge in [0.25, 0.3) is 0 Å². The summed E-state index contributed by atoms with van der Waals surface area (Å²) in [6.45, 7) is 3.63. The molecular formula is C23H36N6O7. The van der Waals surface area contributed by atoms with Crippen LogP contribution in [0.25, 0.3) is 0 Å². The van der Waals surface area contributed by atoms with Crippen LogP contribution in [0.4, 0.5) is 10.5 Å². The first kappa shape index (κ1) is 30.2. The van der Waals surface area contributed by atoms with Crippen LogP contribution in [0.5, 0.6) is 5.75 Å². The van der Waals surface area contributed by atoms with Gasteiger partial charge in [0.1, 0.15) is 17.8 Å². The van der Waals surface area contributed by atoms with Crippen LogP contribution in [0.1, 0.15) is 33.1 Å². The fourth-order valence-electron chi connectivity index (χ4n) is 3.02. The van der Waals surface area contributed by atoms with E-state index in [9.17, 15) is 24.0 Å². The van der Waals surface area contributed by atoms with Crippen LogP contribution in [-0.2, 0) is 23.9 Å². The van der Waals surface area contributed by atoms with Crippen molar-refractivity contribution in [3.05, 3.63) is 24.3 Å². The van der Waals surface area contributed by atoms with Crippen molar-refractivity contribution in [1.29, 1.82) is 0 Å². The lowest BCUT2D eigenvalue weighted by Gasteiger charge is -2.25. The van der Waals surface area contributed by atoms with Crippen LogP contribution in [0, 0.1) is 5.92 Å². The van der Waals surface area contributed by atoms with Crippen molar-refractivity contribution in [3.63, 3.8) is 0 Å². The lowest BCUT2D eigenvalue weighted by atomic mass is 10.0. The minimum Gasteiger partial charge on any atom is -0.482 e. The number of nitrogens with one attached hydrogen (secondary N) is 4. The number of urea groups is 1. The maximum absolute atomic E-state index is 13.0. The van der Waals surface area contributed by atoms with E-state index in [1.54, 1.807) is 38.1 Å². The highest BCUT2D eigenvalue weighted by Gasteiger charge is 2.28. The molecule has 0 saturated heterocycles. The van der Waals surface area contributed by atoms with Crippen molar-refractivity contribution < 1.29 is 33.4 Å². The average Bonchev–Trinajstić information content (AvgIpc) is 2.83. The lowest BCUT2D eigenvalue weighted by Crippen LogP contribution is -2.54. The van der Waals surface area contributed by atoms with Gasteiger partial charge in [0.15, 0.2) is 6.61 Å². The molecule has 8 N–H and O–H groups in total. The highest BCUT2D eigenvalue weighted by atomic mass is 16.6. The molecule has 0 aromatic heterocycles. The molecule has 1 aromatic rings. The smallest absolute Gasteiger partial charge is 0.343 e. The molecule has 200 valence electrons. The Balaban J connectivity index is 2.89. The van der Waals surface area contributed by atoms with Crippen LogP contribution in [0.15, 0.2) is 24.3 Å². The Bertz CT molecular complexity index is 891. The third-order valence-electron chi connectivity index (χ3n) is 4.95. The number of primary amides is 1. The van der Waals surface area contributed by atoms with Gasteiger partial charge in [0.05, 0.1) is 7.11 Å². The number of benzene rings is 1. The second-order valence-electron chi connectivity index (χ2n) is 8.20. The van der Waals surface area contributed by atoms with Gasteiger partial charge < -0.3 is 42.2 Å². The monoisotopic (exact) mass is 508 g/mol. The summed E-state index contributed by atoms with van der Waals surface area (Å²) in [6.07, 6.45) is 0.617. The van der Waals surface area contributed by atoms with Crippen LogP contribution in [0.3, 0.4) is 0 Å². The largest absolute Gasteiger partial charge is 0.482 e. The van der Waals surface area contributed by atoms with E-state index in [0.717, 1.165) is 0 Å². The topological polar surface area (TPSA) is 204 Å². The number of carbonyl (C=O) groups excluding carboxylic acids is 5. The molecule has 13 heteroatoms. The number of esters is 1. The predicted molar refractivity (Wildman–Crippen MR) is 132 cm³/mol. The molecule has 36 heavy (non-hydrogen) atoms. The van der Waals surface area contributed by atoms with E-state index in [2.05, 4.69) is 26.0 Å². The number of ether oxygens (including phenoxy) is 2. The highest BCUT2D eigenvalue weighted by molar-refractivity contribution is 5.98. The molecular weight excluding hydrogens is 472 g/mol. The number of amides is 5. The van der Waals surface area contributed by atoms with Crippen molar-refractivity contribution in [2.75, 3.05) is 32.1 Å². The first-order valence-corrected chi connectivity index (χ1v) is 11.5. The van der Waals surface area contributed by atoms with E-state index in [1.165, 1.54) is 7.11 Å². The van der Waals surface area contributed by atoms with Crippen molar-refractivity contribution >= 4 is 35.4 Å². The van der Waals surface area contributed by atoms with E-state index < -0.39 is 35.9 Å². The summed E-state index contributed by atoms with van der Waals surface area (Å²) in [4.78, 5) is 60.0. The van der Waals surface area contributed by atoms with E-state index >= 15 is 0 Å². The van der Waals surface area contributed by atoms with Crippen LogP contribution >= 0.6 is 0 Å². The molecule has 5 amide bonds. The molecule has 0 bridgehead atoms. The Hall–Kier alpha value is -3.87. The summed E-state index contributed by atoms with van der Waals surface area (Å²) >= 11 is 0. The van der Waals surface area contributed by atoms with Gasteiger partial charge in [0.2, 0.25) is 17.7 Å². The second kappa shape index (κ2) is 15.9. The quantitative estimate of drug-likeness (QED) is 0.135. The minimum atomic E-state index is -0.963. The lowest BCUT2D eigenvalue weighted by molar-refractivity contribution is -0.143. The summed E-state index contributed by atoms with van der Waals surface area (Å²) < 4.78 is 9.78. The van der Waals surface area contributed by atoms with Gasteiger partial charge in [-0.05, 0) is 43.0 Å². The SMILES string of the molecule is COC(=O)COc1ccc(NC(=O)[C@H](CCCNC(N)=O)NC(=O)[C@@H](NC(=O)CCN)C(C)C)cc1. The summed E-state index contributed by atoms with van der Waals surface area (Å²) in [5.41, 5.74) is 10.9. The molecule has 13 nitrogen and oxygen atoms in total. The summed E-state index contributed by atoms with van der Waals surface area (Å²) in [5.74, 6) is -1.77. The maximum atomic E-state index is 13.0. The Morgan fingerprint density at radius 2 is 1.67 bits per heavy atom. The Morgan fingerprint density at radius 3 is 2.22 bits per heavy atom. The van der Waals surface area contributed by atoms with Gasteiger partial charge in [-0.25, -0.2) is 9.59 Å². The fourth-order valence-corrected chi connectivity index (χ4v) is 3.02. The van der Waals surface area contributed by atoms with E-state index in [0.29, 0.717) is 17.9 Å². The van der Waals surface area contributed by atoms with Gasteiger partial charge in [-0.3, -0.25) is 14.4 Å². The summed E-state index contributed by atoms with van der Waals surface area (Å²) in [7, 11) is 1.25. The first-order valence-electron chi connectivity index (χ1n) is 11.5. The molecule has 1 aromatic carbocycles. The molecule has 0 fully saturated rings. The minimum absolute atomic E-state index is 0.0680. The number of carbonyl (C=O) groups is 5. The van der Waals surface area contributed by atoms with Gasteiger partial charge in [-0.1, -0.05) is 13.8 Å². The summed E-state index contributed by atoms with van der Waals surface area (Å²) in [6, 6.07) is 3.74. The molecule has 0 saturated carbocycles. The third kappa shape index (κ3) is 11.5. The van der Waals surface area contributed by atoms with Crippen molar-refractivity contribution in [2.24, 2.45) is 17.4 Å². The van der Waals surface area contributed by atoms with E-state index in [1.807, 2.05) is 0 Å². The predicted octanol–water partition coefficient (Wildman–Crippen LogP) is -0.400. The van der Waals surface area contributed by atoms with Gasteiger partial charge >= 0.3 is 12.0 Å². The summed E-state index contributed by atoms with van der Waals surface area (Å²) in [5, 5.41) is 10.5. The zero-order chi connectivity index (χ0) is 27.1. The number of hydrogen-bond donors (Lipinski definition) is 6. The van der Waals surface area contributed by atoms with Crippen molar-refractivity contribution in [2.45, 2.75) is 45.2 Å². The number of methoxy groups -OCH3 is 1. The molecule has 0 aliphatic rings. The fraction of sp³-hybridized carbons (Fsp3) is 0.522. The van der Waals surface area contributed by atoms with Crippen molar-refractivity contribution in [3.8, 4) is 5.75 Å². The maximum Gasteiger partial charge on any atom is 0.343 e. The van der Waals surface area contributed by atoms with Gasteiger partial charge in [-0.2, -0.15) is 0 Å². The Labute approximate surface area is 210 Å². The highest BCUT2D eigenvalue weighted by Crippen LogP contribution is 2.16. The molecule has 0 heterocycles. The molecule has 0 spiro atoms. The Kier molecular flexibility index (Phi) is 13.3. The average molecular weight is 509 g/mol. The standard InChI is InChI=1S/C23H36N6O7/c1-14(2)20(29-18(30)10-11-24)22(33)28-17(5-4-12-26-23(25)34)21(32)27-15-6-8-16(9-7-15)36-13-19(31)35-3/h6-9,14,17,20H,4-5,10-13,24H2,1-3H3,(H,27,32)(H,28,33)(H,29,30)(H3,25,26,34)/t17-,20-/m0/s1. The molecule has 0 aliphatic heterocycles. The van der Waals surface area contributed by atoms with Gasteiger partial charge in [-0.15, -0.1) is 0 Å². The van der Waals surface area contributed by atoms with Gasteiger partial charge in [0, 0.05) is 25.2 Å². The molecule has 1 rings (SSSR count). The number of nitrogens with two attached hydrogens (primary N) is 2. The number of hydrogen-bond acceptors (Lipinski definition) is 8. The molecule has 0 radical (unpaired) electrons. The molecule has 0 aliphatic carbocycles. The third-order valence-corrected chi connectivity index (χ3v) is 4.95. The van der Waals surface area contributed by atoms with E-state index in [-0.39, 0.29) is 44.4 Å². The van der Waals surface area contributed by atoms with E-state index in [4.69, 9.17) is 16.2 Å². The molecule has 0 unspecified atom stereocenters. The van der Waals surface area contributed by atoms with Crippen LogP contribution < -0.4 is 37.5 Å². The van der Waals surface area contributed by atoms with Crippen LogP contribution in [0.2, 0.25) is 0 Å². The first-order chi connectivity index (χ1) is 17.1. The zero-order valence-corrected chi connectivity index (χ0v) is 20.8. The zero-order valence-electron chi connectivity index (χ0n) is 20.8. The Morgan fingerprint density at radius 1 is 1.00 bits per heavy atom. The normalized spacial score (nSPS) is 12.1. The number of rotatable bonds is 15. The second-order valence-corrected chi connectivity index (χ2v) is 8.20. The van der Waals surface area contributed by atoms with Crippen LogP contribution in [-0.4, -0.2) is 68.6 Å². The molecule has 2 atom stereocenters.